The Morgan fingerprint density at radius 2 is 1.46 bits per heavy atom. The molecule has 0 bridgehead atoms. The van der Waals surface area contributed by atoms with E-state index in [1.807, 2.05) is 0 Å². The number of carbonyl (C=O) groups is 3. The molecular weight excluding hydrogens is 360 g/mol. The standard InChI is InChI=1S/C17H14N2O6S/c1-11(18-26(23,24)12-7-3-2-4-8-12)17(22)25-19-15(20)13-9-5-6-10-14(13)16(19)21/h2-11,18H,1H3. The van der Waals surface area contributed by atoms with Crippen LogP contribution in [0.2, 0.25) is 0 Å². The number of rotatable bonds is 5. The third kappa shape index (κ3) is 3.22. The summed E-state index contributed by atoms with van der Waals surface area (Å²) in [6.45, 7) is 1.25. The maximum atomic E-state index is 12.2. The van der Waals surface area contributed by atoms with Gasteiger partial charge in [0, 0.05) is 0 Å². The van der Waals surface area contributed by atoms with E-state index < -0.39 is 33.8 Å². The van der Waals surface area contributed by atoms with Crippen molar-refractivity contribution in [2.45, 2.75) is 17.9 Å². The van der Waals surface area contributed by atoms with Gasteiger partial charge < -0.3 is 4.84 Å². The number of fused-ring (bicyclic) bond motifs is 1. The average Bonchev–Trinajstić information content (AvgIpc) is 2.87. The molecule has 0 fully saturated rings. The van der Waals surface area contributed by atoms with E-state index in [4.69, 9.17) is 4.84 Å². The molecular formula is C17H14N2O6S. The Morgan fingerprint density at radius 1 is 0.962 bits per heavy atom. The molecule has 9 heteroatoms. The second-order valence-electron chi connectivity index (χ2n) is 5.52. The van der Waals surface area contributed by atoms with Crippen molar-refractivity contribution in [1.29, 1.82) is 0 Å². The van der Waals surface area contributed by atoms with Crippen LogP contribution in [0.15, 0.2) is 59.5 Å². The van der Waals surface area contributed by atoms with Crippen LogP contribution >= 0.6 is 0 Å². The number of hydroxylamine groups is 2. The Balaban J connectivity index is 1.71. The van der Waals surface area contributed by atoms with E-state index in [1.165, 1.54) is 43.3 Å². The van der Waals surface area contributed by atoms with Crippen molar-refractivity contribution in [3.63, 3.8) is 0 Å². The Kier molecular flexibility index (Phi) is 4.58. The Labute approximate surface area is 149 Å². The van der Waals surface area contributed by atoms with Crippen LogP contribution in [-0.4, -0.2) is 37.3 Å². The van der Waals surface area contributed by atoms with Crippen molar-refractivity contribution >= 4 is 27.8 Å². The molecule has 1 aliphatic rings. The summed E-state index contributed by atoms with van der Waals surface area (Å²) in [5.41, 5.74) is 0.227. The number of hydrogen-bond acceptors (Lipinski definition) is 6. The lowest BCUT2D eigenvalue weighted by atomic mass is 10.1. The molecule has 1 N–H and O–H groups in total. The molecule has 0 aliphatic carbocycles. The van der Waals surface area contributed by atoms with E-state index >= 15 is 0 Å². The number of amides is 2. The van der Waals surface area contributed by atoms with Crippen LogP contribution in [0.25, 0.3) is 0 Å². The van der Waals surface area contributed by atoms with Gasteiger partial charge in [-0.05, 0) is 31.2 Å². The molecule has 0 aromatic heterocycles. The first-order chi connectivity index (χ1) is 12.3. The lowest BCUT2D eigenvalue weighted by Crippen LogP contribution is -2.43. The molecule has 0 radical (unpaired) electrons. The maximum Gasteiger partial charge on any atom is 0.350 e. The summed E-state index contributed by atoms with van der Waals surface area (Å²) in [7, 11) is -3.96. The van der Waals surface area contributed by atoms with Crippen molar-refractivity contribution in [3.05, 3.63) is 65.7 Å². The predicted molar refractivity (Wildman–Crippen MR) is 89.3 cm³/mol. The first-order valence-electron chi connectivity index (χ1n) is 7.58. The summed E-state index contributed by atoms with van der Waals surface area (Å²) in [4.78, 5) is 41.3. The van der Waals surface area contributed by atoms with Gasteiger partial charge in [0.2, 0.25) is 10.0 Å². The van der Waals surface area contributed by atoms with E-state index in [9.17, 15) is 22.8 Å². The van der Waals surface area contributed by atoms with Gasteiger partial charge in [-0.15, -0.1) is 0 Å². The highest BCUT2D eigenvalue weighted by Gasteiger charge is 2.39. The van der Waals surface area contributed by atoms with Crippen molar-refractivity contribution in [3.8, 4) is 0 Å². The molecule has 134 valence electrons. The summed E-state index contributed by atoms with van der Waals surface area (Å²) in [5, 5.41) is 0.334. The highest BCUT2D eigenvalue weighted by molar-refractivity contribution is 7.89. The van der Waals surface area contributed by atoms with Crippen molar-refractivity contribution < 1.29 is 27.6 Å². The number of nitrogens with zero attached hydrogens (tertiary/aromatic N) is 1. The van der Waals surface area contributed by atoms with E-state index in [0.717, 1.165) is 0 Å². The highest BCUT2D eigenvalue weighted by atomic mass is 32.2. The fourth-order valence-electron chi connectivity index (χ4n) is 2.37. The quantitative estimate of drug-likeness (QED) is 0.785. The molecule has 2 aromatic carbocycles. The smallest absolute Gasteiger partial charge is 0.328 e. The second-order valence-corrected chi connectivity index (χ2v) is 7.23. The molecule has 0 saturated carbocycles. The third-order valence-corrected chi connectivity index (χ3v) is 5.23. The summed E-state index contributed by atoms with van der Waals surface area (Å²) in [6, 6.07) is 12.2. The van der Waals surface area contributed by atoms with Gasteiger partial charge in [0.25, 0.3) is 11.8 Å². The zero-order valence-electron chi connectivity index (χ0n) is 13.6. The van der Waals surface area contributed by atoms with E-state index in [1.54, 1.807) is 18.2 Å². The number of carbonyl (C=O) groups excluding carboxylic acids is 3. The largest absolute Gasteiger partial charge is 0.350 e. The van der Waals surface area contributed by atoms with Crippen LogP contribution in [0.1, 0.15) is 27.6 Å². The molecule has 2 amide bonds. The molecule has 3 rings (SSSR count). The first kappa shape index (κ1) is 17.8. The minimum atomic E-state index is -3.96. The number of sulfonamides is 1. The van der Waals surface area contributed by atoms with Gasteiger partial charge in [-0.25, -0.2) is 13.2 Å². The minimum Gasteiger partial charge on any atom is -0.328 e. The summed E-state index contributed by atoms with van der Waals surface area (Å²) < 4.78 is 26.6. The number of imide groups is 1. The monoisotopic (exact) mass is 374 g/mol. The summed E-state index contributed by atoms with van der Waals surface area (Å²) in [5.74, 6) is -2.65. The zero-order chi connectivity index (χ0) is 18.9. The fraction of sp³-hybridized carbons (Fsp3) is 0.118. The third-order valence-electron chi connectivity index (χ3n) is 3.68. The Bertz CT molecular complexity index is 952. The van der Waals surface area contributed by atoms with Gasteiger partial charge in [-0.1, -0.05) is 35.4 Å². The minimum absolute atomic E-state index is 0.0274. The fourth-order valence-corrected chi connectivity index (χ4v) is 3.58. The van der Waals surface area contributed by atoms with Crippen LogP contribution in [0.5, 0.6) is 0 Å². The van der Waals surface area contributed by atoms with Crippen LogP contribution in [0.4, 0.5) is 0 Å². The molecule has 0 spiro atoms. The van der Waals surface area contributed by atoms with Gasteiger partial charge in [0.1, 0.15) is 6.04 Å². The molecule has 2 aromatic rings. The van der Waals surface area contributed by atoms with Gasteiger partial charge in [0.05, 0.1) is 16.0 Å². The highest BCUT2D eigenvalue weighted by Crippen LogP contribution is 2.23. The topological polar surface area (TPSA) is 110 Å². The molecule has 26 heavy (non-hydrogen) atoms. The Hall–Kier alpha value is -3.04. The Morgan fingerprint density at radius 3 is 2.00 bits per heavy atom. The second kappa shape index (κ2) is 6.70. The molecule has 1 heterocycles. The molecule has 8 nitrogen and oxygen atoms in total. The van der Waals surface area contributed by atoms with E-state index in [-0.39, 0.29) is 16.0 Å². The van der Waals surface area contributed by atoms with Gasteiger partial charge >= 0.3 is 5.97 Å². The lowest BCUT2D eigenvalue weighted by molar-refractivity contribution is -0.170. The van der Waals surface area contributed by atoms with Crippen LogP contribution in [0, 0.1) is 0 Å². The van der Waals surface area contributed by atoms with Gasteiger partial charge in [0.15, 0.2) is 0 Å². The average molecular weight is 374 g/mol. The SMILES string of the molecule is CC(NS(=O)(=O)c1ccccc1)C(=O)ON1C(=O)c2ccccc2C1=O. The van der Waals surface area contributed by atoms with E-state index in [2.05, 4.69) is 4.72 Å². The summed E-state index contributed by atoms with van der Waals surface area (Å²) in [6.07, 6.45) is 0. The normalized spacial score (nSPS) is 14.9. The van der Waals surface area contributed by atoms with Crippen LogP contribution in [-0.2, 0) is 19.7 Å². The molecule has 1 unspecified atom stereocenters. The lowest BCUT2D eigenvalue weighted by Gasteiger charge is -2.17. The number of benzene rings is 2. The predicted octanol–water partition coefficient (Wildman–Crippen LogP) is 1.11. The molecule has 1 atom stereocenters. The van der Waals surface area contributed by atoms with Crippen LogP contribution in [0.3, 0.4) is 0 Å². The van der Waals surface area contributed by atoms with Crippen molar-refractivity contribution in [2.24, 2.45) is 0 Å². The van der Waals surface area contributed by atoms with Crippen molar-refractivity contribution in [2.75, 3.05) is 0 Å². The number of hydrogen-bond donors (Lipinski definition) is 1. The molecule has 0 saturated heterocycles. The first-order valence-corrected chi connectivity index (χ1v) is 9.06. The van der Waals surface area contributed by atoms with Gasteiger partial charge in [-0.3, -0.25) is 9.59 Å². The van der Waals surface area contributed by atoms with Gasteiger partial charge in [-0.2, -0.15) is 4.72 Å². The van der Waals surface area contributed by atoms with Crippen LogP contribution < -0.4 is 4.72 Å². The maximum absolute atomic E-state index is 12.2. The summed E-state index contributed by atoms with van der Waals surface area (Å²) >= 11 is 0. The van der Waals surface area contributed by atoms with E-state index in [0.29, 0.717) is 5.06 Å². The van der Waals surface area contributed by atoms with Crippen molar-refractivity contribution in [1.82, 2.24) is 9.79 Å². The molecule has 1 aliphatic heterocycles. The number of nitrogens with one attached hydrogen (secondary N) is 1. The zero-order valence-corrected chi connectivity index (χ0v) is 14.4.